The maximum Gasteiger partial charge on any atom is 0.244 e. The number of piperidine rings is 2. The molecule has 354 valence electrons. The van der Waals surface area contributed by atoms with Crippen molar-refractivity contribution in [1.82, 2.24) is 18.4 Å². The first-order valence-corrected chi connectivity index (χ1v) is 27.8. The minimum atomic E-state index is -3.94. The van der Waals surface area contributed by atoms with Crippen molar-refractivity contribution in [3.05, 3.63) is 202 Å². The van der Waals surface area contributed by atoms with E-state index in [1.165, 1.54) is 16.7 Å². The van der Waals surface area contributed by atoms with Crippen LogP contribution in [-0.4, -0.2) is 94.1 Å². The zero-order valence-electron chi connectivity index (χ0n) is 38.9. The largest absolute Gasteiger partial charge is 0.303 e. The van der Waals surface area contributed by atoms with Gasteiger partial charge in [-0.15, -0.1) is 0 Å². The molecule has 6 atom stereocenters. The minimum absolute atomic E-state index is 0.00417. The molecule has 4 saturated heterocycles. The van der Waals surface area contributed by atoms with Crippen LogP contribution in [0.3, 0.4) is 0 Å². The van der Waals surface area contributed by atoms with Gasteiger partial charge in [0, 0.05) is 57.1 Å². The molecule has 6 aromatic rings. The molecule has 6 aromatic carbocycles. The van der Waals surface area contributed by atoms with E-state index in [9.17, 15) is 16.8 Å². The third-order valence-corrected chi connectivity index (χ3v) is 19.8. The fourth-order valence-electron chi connectivity index (χ4n) is 12.0. The highest BCUT2D eigenvalue weighted by Gasteiger charge is 2.44. The Balaban J connectivity index is 0.907. The van der Waals surface area contributed by atoms with Gasteiger partial charge in [0.2, 0.25) is 20.0 Å². The first-order valence-electron chi connectivity index (χ1n) is 24.5. The molecular weight excluding hydrogens is 904 g/mol. The molecular formula is C57H63ClN4O4S2. The zero-order valence-corrected chi connectivity index (χ0v) is 41.3. The fourth-order valence-corrected chi connectivity index (χ4v) is 15.7. The molecule has 4 heterocycles. The number of likely N-dealkylation sites (tertiary alicyclic amines) is 2. The third-order valence-electron chi connectivity index (χ3n) is 15.7. The predicted molar refractivity (Wildman–Crippen MR) is 273 cm³/mol. The molecule has 0 aliphatic carbocycles. The smallest absolute Gasteiger partial charge is 0.244 e. The summed E-state index contributed by atoms with van der Waals surface area (Å²) in [4.78, 5) is 5.54. The summed E-state index contributed by atoms with van der Waals surface area (Å²) in [5, 5.41) is 0.241. The molecule has 11 heteroatoms. The third kappa shape index (κ3) is 10.0. The number of halogens is 1. The summed E-state index contributed by atoms with van der Waals surface area (Å²) in [5.41, 5.74) is 6.90. The van der Waals surface area contributed by atoms with Gasteiger partial charge in [-0.2, -0.15) is 8.61 Å². The van der Waals surface area contributed by atoms with Crippen molar-refractivity contribution in [2.75, 3.05) is 58.9 Å². The van der Waals surface area contributed by atoms with Crippen LogP contribution in [0.4, 0.5) is 0 Å². The van der Waals surface area contributed by atoms with Crippen LogP contribution in [0.5, 0.6) is 0 Å². The van der Waals surface area contributed by atoms with E-state index in [1.54, 1.807) is 26.8 Å². The quantitative estimate of drug-likeness (QED) is 0.115. The Hall–Kier alpha value is -4.65. The van der Waals surface area contributed by atoms with E-state index >= 15 is 0 Å². The minimum Gasteiger partial charge on any atom is -0.303 e. The second-order valence-electron chi connectivity index (χ2n) is 19.8. The van der Waals surface area contributed by atoms with Gasteiger partial charge in [-0.25, -0.2) is 16.8 Å². The van der Waals surface area contributed by atoms with E-state index in [2.05, 4.69) is 107 Å². The number of sulfonamides is 2. The molecule has 8 nitrogen and oxygen atoms in total. The summed E-state index contributed by atoms with van der Waals surface area (Å²) in [6.45, 7) is 7.93. The number of hydrogen-bond donors (Lipinski definition) is 0. The lowest BCUT2D eigenvalue weighted by molar-refractivity contribution is 0.112. The number of hydrogen-bond acceptors (Lipinski definition) is 6. The Bertz CT molecular complexity index is 2870. The van der Waals surface area contributed by atoms with E-state index in [1.807, 2.05) is 55.5 Å². The summed E-state index contributed by atoms with van der Waals surface area (Å²) in [7, 11) is -7.67. The molecule has 0 bridgehead atoms. The molecule has 0 N–H and O–H groups in total. The van der Waals surface area contributed by atoms with Crippen molar-refractivity contribution in [1.29, 1.82) is 0 Å². The average molecular weight is 968 g/mol. The highest BCUT2D eigenvalue weighted by molar-refractivity contribution is 7.89. The summed E-state index contributed by atoms with van der Waals surface area (Å²) in [6, 6.07) is 55.0. The Labute approximate surface area is 409 Å². The normalized spacial score (nSPS) is 24.9. The number of rotatable bonds is 13. The molecule has 4 aliphatic rings. The Morgan fingerprint density at radius 1 is 0.500 bits per heavy atom. The summed E-state index contributed by atoms with van der Waals surface area (Å²) in [5.74, 6) is 1.09. The van der Waals surface area contributed by atoms with E-state index in [4.69, 9.17) is 11.6 Å². The van der Waals surface area contributed by atoms with Crippen molar-refractivity contribution in [2.24, 2.45) is 11.8 Å². The van der Waals surface area contributed by atoms with E-state index in [-0.39, 0.29) is 39.6 Å². The van der Waals surface area contributed by atoms with Gasteiger partial charge < -0.3 is 4.90 Å². The van der Waals surface area contributed by atoms with Crippen LogP contribution >= 0.6 is 11.6 Å². The van der Waals surface area contributed by atoms with E-state index < -0.39 is 20.0 Å². The van der Waals surface area contributed by atoms with Gasteiger partial charge in [-0.3, -0.25) is 4.90 Å². The summed E-state index contributed by atoms with van der Waals surface area (Å²) >= 11 is 7.23. The summed E-state index contributed by atoms with van der Waals surface area (Å²) < 4.78 is 61.5. The lowest BCUT2D eigenvalue weighted by Crippen LogP contribution is -2.41. The van der Waals surface area contributed by atoms with Crippen LogP contribution in [-0.2, 0) is 20.0 Å². The van der Waals surface area contributed by atoms with Gasteiger partial charge in [0.15, 0.2) is 0 Å². The SMILES string of the molecule is Cc1cccc(S(=O)(=O)N2C[C@@H](CN3CCC(c4ccccc4)CC3c3ccc(S(=O)(=O)N4C[C@@H](CN5CCC(c6ccccc6)CC5)[C@H](c5ccccc5)C4)c(Cl)c3)[C@H](c3ccccc3)C2)c1. The molecule has 0 saturated carbocycles. The van der Waals surface area contributed by atoms with Crippen LogP contribution in [0.2, 0.25) is 5.02 Å². The molecule has 4 aliphatic heterocycles. The standard InChI is InChI=1S/C57H63ClN4O4S2/c1-42-15-14-24-52(33-42)67(63,64)61-39-51(54(40-61)47-22-12-5-13-23-47)37-60-32-29-48(44-18-8-3-9-19-44)35-56(60)49-25-26-57(55(58)34-49)68(65,66)62-38-50(53(41-62)46-20-10-4-11-21-46)36-59-30-27-45(28-31-59)43-16-6-2-7-17-43/h2-26,33-34,45,48,50-51,53-54,56H,27-32,35-41H2,1H3/t48?,50-,51-,53+,54+,56?/m1/s1. The van der Waals surface area contributed by atoms with Gasteiger partial charge in [-0.1, -0.05) is 151 Å². The Morgan fingerprint density at radius 2 is 1.01 bits per heavy atom. The van der Waals surface area contributed by atoms with Crippen molar-refractivity contribution in [3.63, 3.8) is 0 Å². The lowest BCUT2D eigenvalue weighted by Gasteiger charge is -2.42. The molecule has 0 aromatic heterocycles. The molecule has 0 spiro atoms. The van der Waals surface area contributed by atoms with Gasteiger partial charge in [0.25, 0.3) is 0 Å². The maximum absolute atomic E-state index is 14.9. The van der Waals surface area contributed by atoms with Crippen molar-refractivity contribution >= 4 is 31.6 Å². The second-order valence-corrected chi connectivity index (χ2v) is 24.1. The van der Waals surface area contributed by atoms with Gasteiger partial charge in [0.05, 0.1) is 9.92 Å². The predicted octanol–water partition coefficient (Wildman–Crippen LogP) is 11.0. The summed E-state index contributed by atoms with van der Waals surface area (Å²) in [6.07, 6.45) is 3.99. The van der Waals surface area contributed by atoms with Crippen molar-refractivity contribution in [3.8, 4) is 0 Å². The molecule has 4 fully saturated rings. The van der Waals surface area contributed by atoms with Crippen LogP contribution < -0.4 is 0 Å². The maximum atomic E-state index is 14.9. The Kier molecular flexibility index (Phi) is 14.1. The highest BCUT2D eigenvalue weighted by atomic mass is 35.5. The van der Waals surface area contributed by atoms with Gasteiger partial charge in [0.1, 0.15) is 4.90 Å². The first kappa shape index (κ1) is 47.0. The van der Waals surface area contributed by atoms with Crippen LogP contribution in [0.1, 0.15) is 88.8 Å². The number of benzene rings is 6. The van der Waals surface area contributed by atoms with Gasteiger partial charge >= 0.3 is 0 Å². The number of nitrogens with zero attached hydrogens (tertiary/aromatic N) is 4. The van der Waals surface area contributed by atoms with Crippen molar-refractivity contribution < 1.29 is 16.8 Å². The second kappa shape index (κ2) is 20.4. The van der Waals surface area contributed by atoms with Crippen molar-refractivity contribution in [2.45, 2.75) is 72.1 Å². The molecule has 0 radical (unpaired) electrons. The monoisotopic (exact) mass is 966 g/mol. The topological polar surface area (TPSA) is 81.2 Å². The molecule has 10 rings (SSSR count). The molecule has 2 unspecified atom stereocenters. The first-order chi connectivity index (χ1) is 33.0. The highest BCUT2D eigenvalue weighted by Crippen LogP contribution is 2.45. The fraction of sp³-hybridized carbons (Fsp3) is 0.368. The molecule has 0 amide bonds. The van der Waals surface area contributed by atoms with Crippen LogP contribution in [0.25, 0.3) is 0 Å². The zero-order chi connectivity index (χ0) is 46.8. The van der Waals surface area contributed by atoms with Crippen LogP contribution in [0, 0.1) is 18.8 Å². The van der Waals surface area contributed by atoms with Gasteiger partial charge in [-0.05, 0) is 134 Å². The van der Waals surface area contributed by atoms with E-state index in [0.717, 1.165) is 68.6 Å². The number of aryl methyl sites for hydroxylation is 1. The Morgan fingerprint density at radius 3 is 1.57 bits per heavy atom. The van der Waals surface area contributed by atoms with Crippen LogP contribution in [0.15, 0.2) is 174 Å². The average Bonchev–Trinajstić information content (AvgIpc) is 4.01. The molecule has 68 heavy (non-hydrogen) atoms. The van der Waals surface area contributed by atoms with E-state index in [0.29, 0.717) is 49.5 Å². The lowest BCUT2D eigenvalue weighted by atomic mass is 9.81.